The molecule has 0 atom stereocenters. The van der Waals surface area contributed by atoms with Gasteiger partial charge in [0.25, 0.3) is 5.91 Å². The van der Waals surface area contributed by atoms with Gasteiger partial charge in [-0.1, -0.05) is 13.0 Å². The first kappa shape index (κ1) is 17.7. The minimum absolute atomic E-state index is 0.111. The molecule has 2 aromatic rings. The zero-order valence-electron chi connectivity index (χ0n) is 14.6. The summed E-state index contributed by atoms with van der Waals surface area (Å²) >= 11 is 0. The lowest BCUT2D eigenvalue weighted by Gasteiger charge is -2.15. The molecule has 0 radical (unpaired) electrons. The van der Waals surface area contributed by atoms with E-state index >= 15 is 0 Å². The van der Waals surface area contributed by atoms with Crippen LogP contribution in [0.1, 0.15) is 41.3 Å². The van der Waals surface area contributed by atoms with Gasteiger partial charge in [0, 0.05) is 29.8 Å². The molecule has 0 spiro atoms. The molecule has 3 rings (SSSR count). The number of hydrogen-bond acceptors (Lipinski definition) is 4. The summed E-state index contributed by atoms with van der Waals surface area (Å²) in [5.74, 6) is -0.132. The fraction of sp³-hybridized carbons (Fsp3) is 0.250. The SMILES string of the molecule is CCc1ccc(O)c(/C=N/NC(=O)c2ccc(N3CCCC3=O)cc2)c1. The van der Waals surface area contributed by atoms with Gasteiger partial charge in [0.15, 0.2) is 0 Å². The molecule has 2 aromatic carbocycles. The number of hydrogen-bond donors (Lipinski definition) is 2. The second-order valence-electron chi connectivity index (χ2n) is 6.14. The largest absolute Gasteiger partial charge is 0.507 e. The Morgan fingerprint density at radius 1 is 1.27 bits per heavy atom. The van der Waals surface area contributed by atoms with Crippen LogP contribution in [0.2, 0.25) is 0 Å². The average Bonchev–Trinajstić information content (AvgIpc) is 3.09. The fourth-order valence-electron chi connectivity index (χ4n) is 2.87. The molecule has 26 heavy (non-hydrogen) atoms. The summed E-state index contributed by atoms with van der Waals surface area (Å²) in [6.07, 6.45) is 3.70. The lowest BCUT2D eigenvalue weighted by atomic mass is 10.1. The maximum absolute atomic E-state index is 12.2. The van der Waals surface area contributed by atoms with Crippen molar-refractivity contribution in [2.75, 3.05) is 11.4 Å². The predicted octanol–water partition coefficient (Wildman–Crippen LogP) is 2.85. The van der Waals surface area contributed by atoms with Crippen LogP contribution in [0.4, 0.5) is 5.69 Å². The van der Waals surface area contributed by atoms with Gasteiger partial charge < -0.3 is 10.0 Å². The highest BCUT2D eigenvalue weighted by Gasteiger charge is 2.21. The topological polar surface area (TPSA) is 82.0 Å². The third-order valence-electron chi connectivity index (χ3n) is 4.38. The molecule has 6 heteroatoms. The van der Waals surface area contributed by atoms with Crippen LogP contribution in [-0.2, 0) is 11.2 Å². The van der Waals surface area contributed by atoms with E-state index in [1.807, 2.05) is 19.1 Å². The Labute approximate surface area is 152 Å². The van der Waals surface area contributed by atoms with Crippen LogP contribution in [0.3, 0.4) is 0 Å². The lowest BCUT2D eigenvalue weighted by molar-refractivity contribution is -0.117. The molecule has 134 valence electrons. The number of aryl methyl sites for hydroxylation is 1. The first-order chi connectivity index (χ1) is 12.6. The third kappa shape index (κ3) is 3.91. The van der Waals surface area contributed by atoms with Gasteiger partial charge in [0.05, 0.1) is 6.21 Å². The van der Waals surface area contributed by atoms with Crippen molar-refractivity contribution in [3.63, 3.8) is 0 Å². The molecule has 0 bridgehead atoms. The van der Waals surface area contributed by atoms with Gasteiger partial charge in [-0.3, -0.25) is 9.59 Å². The highest BCUT2D eigenvalue weighted by atomic mass is 16.3. The number of benzene rings is 2. The summed E-state index contributed by atoms with van der Waals surface area (Å²) < 4.78 is 0. The summed E-state index contributed by atoms with van der Waals surface area (Å²) in [7, 11) is 0. The molecule has 0 unspecified atom stereocenters. The Morgan fingerprint density at radius 2 is 2.04 bits per heavy atom. The van der Waals surface area contributed by atoms with Crippen molar-refractivity contribution in [2.45, 2.75) is 26.2 Å². The highest BCUT2D eigenvalue weighted by molar-refractivity contribution is 5.98. The van der Waals surface area contributed by atoms with Crippen LogP contribution in [0, 0.1) is 0 Å². The molecule has 0 saturated carbocycles. The van der Waals surface area contributed by atoms with Gasteiger partial charge in [-0.2, -0.15) is 5.10 Å². The number of anilines is 1. The normalized spacial score (nSPS) is 14.2. The zero-order valence-corrected chi connectivity index (χ0v) is 14.6. The maximum Gasteiger partial charge on any atom is 0.271 e. The van der Waals surface area contributed by atoms with E-state index in [-0.39, 0.29) is 17.6 Å². The highest BCUT2D eigenvalue weighted by Crippen LogP contribution is 2.21. The van der Waals surface area contributed by atoms with Gasteiger partial charge in [-0.05, 0) is 54.8 Å². The van der Waals surface area contributed by atoms with Crippen molar-refractivity contribution < 1.29 is 14.7 Å². The van der Waals surface area contributed by atoms with Crippen LogP contribution >= 0.6 is 0 Å². The third-order valence-corrected chi connectivity index (χ3v) is 4.38. The average molecular weight is 351 g/mol. The maximum atomic E-state index is 12.2. The molecule has 0 aliphatic carbocycles. The molecule has 1 saturated heterocycles. The van der Waals surface area contributed by atoms with Gasteiger partial charge in [-0.15, -0.1) is 0 Å². The minimum atomic E-state index is -0.355. The van der Waals surface area contributed by atoms with Gasteiger partial charge in [0.2, 0.25) is 5.91 Å². The Hall–Kier alpha value is -3.15. The Kier molecular flexibility index (Phi) is 5.31. The van der Waals surface area contributed by atoms with E-state index in [0.717, 1.165) is 30.6 Å². The van der Waals surface area contributed by atoms with E-state index in [1.54, 1.807) is 35.2 Å². The Balaban J connectivity index is 1.64. The van der Waals surface area contributed by atoms with Crippen molar-refractivity contribution in [3.05, 3.63) is 59.2 Å². The lowest BCUT2D eigenvalue weighted by Crippen LogP contribution is -2.24. The second kappa shape index (κ2) is 7.82. The summed E-state index contributed by atoms with van der Waals surface area (Å²) in [5.41, 5.74) is 5.32. The number of hydrazone groups is 1. The smallest absolute Gasteiger partial charge is 0.271 e. The standard InChI is InChI=1S/C20H21N3O3/c1-2-14-5-10-18(24)16(12-14)13-21-22-20(26)15-6-8-17(9-7-15)23-11-3-4-19(23)25/h5-10,12-13,24H,2-4,11H2,1H3,(H,22,26)/b21-13+. The van der Waals surface area contributed by atoms with Crippen molar-refractivity contribution in [1.82, 2.24) is 5.43 Å². The van der Waals surface area contributed by atoms with E-state index in [9.17, 15) is 14.7 Å². The molecule has 6 nitrogen and oxygen atoms in total. The monoisotopic (exact) mass is 351 g/mol. The molecular weight excluding hydrogens is 330 g/mol. The fourth-order valence-corrected chi connectivity index (χ4v) is 2.87. The minimum Gasteiger partial charge on any atom is -0.507 e. The summed E-state index contributed by atoms with van der Waals surface area (Å²) in [6, 6.07) is 12.1. The van der Waals surface area contributed by atoms with Crippen LogP contribution in [0.15, 0.2) is 47.6 Å². The number of phenolic OH excluding ortho intramolecular Hbond substituents is 1. The first-order valence-corrected chi connectivity index (χ1v) is 8.64. The number of aromatic hydroxyl groups is 1. The summed E-state index contributed by atoms with van der Waals surface area (Å²) in [6.45, 7) is 2.74. The molecule has 2 amide bonds. The molecule has 1 aliphatic rings. The predicted molar refractivity (Wildman–Crippen MR) is 101 cm³/mol. The van der Waals surface area contributed by atoms with E-state index in [4.69, 9.17) is 0 Å². The first-order valence-electron chi connectivity index (χ1n) is 8.64. The zero-order chi connectivity index (χ0) is 18.5. The summed E-state index contributed by atoms with van der Waals surface area (Å²) in [4.78, 5) is 25.6. The number of amides is 2. The van der Waals surface area contributed by atoms with Crippen LogP contribution in [0.5, 0.6) is 5.75 Å². The number of carbonyl (C=O) groups excluding carboxylic acids is 2. The van der Waals surface area contributed by atoms with Crippen molar-refractivity contribution in [3.8, 4) is 5.75 Å². The van der Waals surface area contributed by atoms with Crippen LogP contribution in [0.25, 0.3) is 0 Å². The van der Waals surface area contributed by atoms with E-state index < -0.39 is 0 Å². The molecule has 1 fully saturated rings. The Bertz CT molecular complexity index is 844. The van der Waals surface area contributed by atoms with Gasteiger partial charge in [-0.25, -0.2) is 5.43 Å². The number of rotatable bonds is 5. The molecule has 2 N–H and O–H groups in total. The molecule has 1 heterocycles. The van der Waals surface area contributed by atoms with E-state index in [0.29, 0.717) is 17.5 Å². The van der Waals surface area contributed by atoms with Crippen molar-refractivity contribution >= 4 is 23.7 Å². The second-order valence-corrected chi connectivity index (χ2v) is 6.14. The Morgan fingerprint density at radius 3 is 2.69 bits per heavy atom. The molecular formula is C20H21N3O3. The number of phenols is 1. The van der Waals surface area contributed by atoms with Crippen molar-refractivity contribution in [1.29, 1.82) is 0 Å². The quantitative estimate of drug-likeness (QED) is 0.642. The van der Waals surface area contributed by atoms with Crippen LogP contribution in [-0.4, -0.2) is 29.7 Å². The number of nitrogens with zero attached hydrogens (tertiary/aromatic N) is 2. The van der Waals surface area contributed by atoms with E-state index in [2.05, 4.69) is 10.5 Å². The van der Waals surface area contributed by atoms with Gasteiger partial charge in [0.1, 0.15) is 5.75 Å². The van der Waals surface area contributed by atoms with E-state index in [1.165, 1.54) is 6.21 Å². The van der Waals surface area contributed by atoms with Crippen LogP contribution < -0.4 is 10.3 Å². The molecule has 1 aliphatic heterocycles. The number of carbonyl (C=O) groups is 2. The molecule has 0 aromatic heterocycles. The summed E-state index contributed by atoms with van der Waals surface area (Å²) in [5, 5.41) is 13.7. The van der Waals surface area contributed by atoms with Crippen molar-refractivity contribution in [2.24, 2.45) is 5.10 Å². The van der Waals surface area contributed by atoms with Gasteiger partial charge >= 0.3 is 0 Å². The number of nitrogens with one attached hydrogen (secondary N) is 1.